The molecule has 8 heteroatoms. The first-order chi connectivity index (χ1) is 14.8. The smallest absolute Gasteiger partial charge is 0.416 e. The van der Waals surface area contributed by atoms with Crippen molar-refractivity contribution in [3.8, 4) is 17.2 Å². The molecule has 2 aromatic carbocycles. The van der Waals surface area contributed by atoms with Gasteiger partial charge in [0.1, 0.15) is 12.4 Å². The van der Waals surface area contributed by atoms with E-state index in [0.717, 1.165) is 36.1 Å². The number of fused-ring (bicyclic) bond motifs is 1. The molecule has 31 heavy (non-hydrogen) atoms. The highest BCUT2D eigenvalue weighted by molar-refractivity contribution is 5.82. The number of carbonyl (C=O) groups excluding carboxylic acids is 1. The molecule has 5 nitrogen and oxygen atoms in total. The summed E-state index contributed by atoms with van der Waals surface area (Å²) in [5.41, 5.74) is 1.10. The molecule has 0 N–H and O–H groups in total. The normalized spacial score (nSPS) is 18.4. The van der Waals surface area contributed by atoms with E-state index >= 15 is 0 Å². The van der Waals surface area contributed by atoms with Crippen LogP contribution in [0.15, 0.2) is 36.4 Å². The molecular weight excluding hydrogens is 411 g/mol. The van der Waals surface area contributed by atoms with E-state index in [1.165, 1.54) is 19.2 Å². The van der Waals surface area contributed by atoms with Gasteiger partial charge in [-0.15, -0.1) is 0 Å². The lowest BCUT2D eigenvalue weighted by molar-refractivity contribution is -0.137. The molecule has 1 amide bonds. The fourth-order valence-electron chi connectivity index (χ4n) is 3.97. The second-order valence-electron chi connectivity index (χ2n) is 7.81. The predicted molar refractivity (Wildman–Crippen MR) is 107 cm³/mol. The third-order valence-electron chi connectivity index (χ3n) is 5.78. The highest BCUT2D eigenvalue weighted by atomic mass is 19.4. The Balaban J connectivity index is 1.64. The summed E-state index contributed by atoms with van der Waals surface area (Å²) in [6.45, 7) is 0.566. The molecule has 1 saturated carbocycles. The van der Waals surface area contributed by atoms with Gasteiger partial charge in [0.15, 0.2) is 11.5 Å². The van der Waals surface area contributed by atoms with Gasteiger partial charge in [-0.3, -0.25) is 4.79 Å². The minimum atomic E-state index is -4.45. The maximum absolute atomic E-state index is 13.0. The number of benzene rings is 2. The van der Waals surface area contributed by atoms with Crippen molar-refractivity contribution in [1.82, 2.24) is 4.90 Å². The van der Waals surface area contributed by atoms with Crippen molar-refractivity contribution < 1.29 is 32.2 Å². The van der Waals surface area contributed by atoms with Crippen LogP contribution < -0.4 is 14.2 Å². The van der Waals surface area contributed by atoms with Gasteiger partial charge in [0, 0.05) is 12.5 Å². The molecule has 0 bridgehead atoms. The molecule has 0 aromatic heterocycles. The number of ether oxygens (including phenoxy) is 3. The van der Waals surface area contributed by atoms with Crippen molar-refractivity contribution in [2.45, 2.75) is 31.5 Å². The van der Waals surface area contributed by atoms with Crippen LogP contribution in [0.25, 0.3) is 0 Å². The second-order valence-corrected chi connectivity index (χ2v) is 7.81. The highest BCUT2D eigenvalue weighted by Crippen LogP contribution is 2.41. The number of methoxy groups -OCH3 is 2. The topological polar surface area (TPSA) is 48.0 Å². The first-order valence-electron chi connectivity index (χ1n) is 10.2. The van der Waals surface area contributed by atoms with Crippen molar-refractivity contribution in [2.75, 3.05) is 27.4 Å². The molecule has 1 fully saturated rings. The van der Waals surface area contributed by atoms with E-state index in [1.807, 2.05) is 12.1 Å². The quantitative estimate of drug-likeness (QED) is 0.664. The van der Waals surface area contributed by atoms with Gasteiger partial charge in [-0.2, -0.15) is 13.2 Å². The standard InChI is InChI=1S/C23H24F3NO4/c1-29-20-10-15-8-9-27(22(28)14-6-7-14)19(18(15)12-21(20)30-2)13-31-17-5-3-4-16(11-17)23(24,25)26/h3-5,10-12,14,19H,6-9,13H2,1-2H3. The fraction of sp³-hybridized carbons (Fsp3) is 0.435. The maximum atomic E-state index is 13.0. The monoisotopic (exact) mass is 435 g/mol. The van der Waals surface area contributed by atoms with E-state index in [4.69, 9.17) is 14.2 Å². The van der Waals surface area contributed by atoms with E-state index in [9.17, 15) is 18.0 Å². The van der Waals surface area contributed by atoms with Crippen LogP contribution in [-0.4, -0.2) is 38.2 Å². The first-order valence-corrected chi connectivity index (χ1v) is 10.2. The molecular formula is C23H24F3NO4. The van der Waals surface area contributed by atoms with E-state index in [0.29, 0.717) is 24.5 Å². The molecule has 1 atom stereocenters. The largest absolute Gasteiger partial charge is 0.493 e. The molecule has 166 valence electrons. The first kappa shape index (κ1) is 21.3. The van der Waals surface area contributed by atoms with Crippen LogP contribution in [0.2, 0.25) is 0 Å². The summed E-state index contributed by atoms with van der Waals surface area (Å²) >= 11 is 0. The zero-order valence-corrected chi connectivity index (χ0v) is 17.4. The minimum absolute atomic E-state index is 0.0257. The van der Waals surface area contributed by atoms with Crippen molar-refractivity contribution in [1.29, 1.82) is 0 Å². The third-order valence-corrected chi connectivity index (χ3v) is 5.78. The number of carbonyl (C=O) groups is 1. The number of amides is 1. The molecule has 2 aromatic rings. The van der Waals surface area contributed by atoms with Gasteiger partial charge in [0.05, 0.1) is 25.8 Å². The average Bonchev–Trinajstić information content (AvgIpc) is 3.61. The van der Waals surface area contributed by atoms with Gasteiger partial charge < -0.3 is 19.1 Å². The predicted octanol–water partition coefficient (Wildman–Crippen LogP) is 4.64. The summed E-state index contributed by atoms with van der Waals surface area (Å²) in [6.07, 6.45) is -2.05. The van der Waals surface area contributed by atoms with Crippen LogP contribution >= 0.6 is 0 Å². The Hall–Kier alpha value is -2.90. The Morgan fingerprint density at radius 2 is 1.81 bits per heavy atom. The lowest BCUT2D eigenvalue weighted by Crippen LogP contribution is -2.43. The minimum Gasteiger partial charge on any atom is -0.493 e. The van der Waals surface area contributed by atoms with Crippen LogP contribution in [-0.2, 0) is 17.4 Å². The molecule has 4 rings (SSSR count). The number of halogens is 3. The summed E-state index contributed by atoms with van der Waals surface area (Å²) in [5.74, 6) is 1.34. The van der Waals surface area contributed by atoms with E-state index < -0.39 is 17.8 Å². The Kier molecular flexibility index (Phi) is 5.73. The summed E-state index contributed by atoms with van der Waals surface area (Å²) in [5, 5.41) is 0. The maximum Gasteiger partial charge on any atom is 0.416 e. The van der Waals surface area contributed by atoms with Gasteiger partial charge in [-0.1, -0.05) is 6.07 Å². The van der Waals surface area contributed by atoms with Gasteiger partial charge in [0.2, 0.25) is 5.91 Å². The number of hydrogen-bond donors (Lipinski definition) is 0. The van der Waals surface area contributed by atoms with Gasteiger partial charge in [-0.25, -0.2) is 0 Å². The van der Waals surface area contributed by atoms with Crippen LogP contribution in [0, 0.1) is 5.92 Å². The molecule has 0 radical (unpaired) electrons. The molecule has 0 spiro atoms. The van der Waals surface area contributed by atoms with Crippen LogP contribution in [0.5, 0.6) is 17.2 Å². The molecule has 1 aliphatic heterocycles. The Morgan fingerprint density at radius 1 is 1.10 bits per heavy atom. The van der Waals surface area contributed by atoms with Crippen LogP contribution in [0.3, 0.4) is 0 Å². The molecule has 2 aliphatic rings. The molecule has 0 saturated heterocycles. The lowest BCUT2D eigenvalue weighted by atomic mass is 9.91. The number of hydrogen-bond acceptors (Lipinski definition) is 4. The summed E-state index contributed by atoms with van der Waals surface area (Å²) in [6, 6.07) is 8.08. The SMILES string of the molecule is COc1cc2c(cc1OC)C(COc1cccc(C(F)(F)F)c1)N(C(=O)C1CC1)CC2. The third kappa shape index (κ3) is 4.43. The number of nitrogens with zero attached hydrogens (tertiary/aromatic N) is 1. The highest BCUT2D eigenvalue weighted by Gasteiger charge is 2.40. The fourth-order valence-corrected chi connectivity index (χ4v) is 3.97. The Morgan fingerprint density at radius 3 is 2.45 bits per heavy atom. The van der Waals surface area contributed by atoms with Crippen LogP contribution in [0.4, 0.5) is 13.2 Å². The van der Waals surface area contributed by atoms with Gasteiger partial charge >= 0.3 is 6.18 Å². The van der Waals surface area contributed by atoms with Crippen molar-refractivity contribution in [2.24, 2.45) is 5.92 Å². The molecule has 1 unspecified atom stereocenters. The number of rotatable bonds is 6. The van der Waals surface area contributed by atoms with Gasteiger partial charge in [-0.05, 0) is 60.7 Å². The van der Waals surface area contributed by atoms with Crippen LogP contribution in [0.1, 0.15) is 35.6 Å². The molecule has 1 aliphatic carbocycles. The summed E-state index contributed by atoms with van der Waals surface area (Å²) in [7, 11) is 3.10. The van der Waals surface area contributed by atoms with Crippen molar-refractivity contribution >= 4 is 5.91 Å². The second kappa shape index (κ2) is 8.32. The van der Waals surface area contributed by atoms with E-state index in [-0.39, 0.29) is 24.2 Å². The summed E-state index contributed by atoms with van der Waals surface area (Å²) < 4.78 is 55.7. The Labute approximate surface area is 178 Å². The van der Waals surface area contributed by atoms with E-state index in [1.54, 1.807) is 12.0 Å². The zero-order valence-electron chi connectivity index (χ0n) is 17.4. The van der Waals surface area contributed by atoms with Gasteiger partial charge in [0.25, 0.3) is 0 Å². The van der Waals surface area contributed by atoms with E-state index in [2.05, 4.69) is 0 Å². The van der Waals surface area contributed by atoms with Crippen molar-refractivity contribution in [3.05, 3.63) is 53.1 Å². The van der Waals surface area contributed by atoms with Crippen molar-refractivity contribution in [3.63, 3.8) is 0 Å². The zero-order chi connectivity index (χ0) is 22.2. The molecule has 1 heterocycles. The lowest BCUT2D eigenvalue weighted by Gasteiger charge is -2.38. The summed E-state index contributed by atoms with van der Waals surface area (Å²) in [4.78, 5) is 14.7. The Bertz CT molecular complexity index is 972. The average molecular weight is 435 g/mol. The number of alkyl halides is 3.